The van der Waals surface area contributed by atoms with Crippen LogP contribution in [0.5, 0.6) is 0 Å². The number of anilines is 1. The second kappa shape index (κ2) is 5.98. The Morgan fingerprint density at radius 1 is 1.04 bits per heavy atom. The van der Waals surface area contributed by atoms with Crippen molar-refractivity contribution < 1.29 is 9.21 Å². The second-order valence-corrected chi connectivity index (χ2v) is 6.18. The molecule has 1 amide bonds. The Morgan fingerprint density at radius 2 is 1.84 bits per heavy atom. The van der Waals surface area contributed by atoms with Gasteiger partial charge in [-0.25, -0.2) is 0 Å². The summed E-state index contributed by atoms with van der Waals surface area (Å²) in [5.41, 5.74) is 10.7. The number of amides is 1. The molecule has 0 saturated carbocycles. The third-order valence-electron chi connectivity index (χ3n) is 4.73. The quantitative estimate of drug-likeness (QED) is 0.750. The van der Waals surface area contributed by atoms with Crippen molar-refractivity contribution in [2.75, 3.05) is 5.32 Å². The fraction of sp³-hybridized carbons (Fsp3) is 0.0952. The van der Waals surface area contributed by atoms with E-state index in [0.29, 0.717) is 5.56 Å². The van der Waals surface area contributed by atoms with Gasteiger partial charge in [0.2, 0.25) is 5.91 Å². The molecule has 0 aliphatic carbocycles. The zero-order chi connectivity index (χ0) is 17.4. The largest absolute Gasteiger partial charge is 0.472 e. The molecule has 0 saturated heterocycles. The lowest BCUT2D eigenvalue weighted by molar-refractivity contribution is 0.1000. The molecule has 2 atom stereocenters. The molecule has 0 radical (unpaired) electrons. The number of carbonyl (C=O) groups excluding carboxylic acids is 1. The van der Waals surface area contributed by atoms with Gasteiger partial charge in [-0.1, -0.05) is 43.0 Å². The van der Waals surface area contributed by atoms with Crippen LogP contribution in [0.2, 0.25) is 0 Å². The molecular weight excluding hydrogens is 312 g/mol. The minimum Gasteiger partial charge on any atom is -0.472 e. The molecule has 0 bridgehead atoms. The highest BCUT2D eigenvalue weighted by Gasteiger charge is 2.35. The summed E-state index contributed by atoms with van der Waals surface area (Å²) in [5.74, 6) is -0.516. The summed E-state index contributed by atoms with van der Waals surface area (Å²) < 4.78 is 5.31. The van der Waals surface area contributed by atoms with Crippen molar-refractivity contribution in [1.29, 1.82) is 0 Å². The van der Waals surface area contributed by atoms with Gasteiger partial charge in [-0.15, -0.1) is 0 Å². The van der Waals surface area contributed by atoms with E-state index in [-0.39, 0.29) is 12.0 Å². The van der Waals surface area contributed by atoms with Gasteiger partial charge in [0, 0.05) is 28.3 Å². The number of carbonyl (C=O) groups is 1. The van der Waals surface area contributed by atoms with Crippen LogP contribution in [0.1, 0.15) is 39.0 Å². The minimum absolute atomic E-state index is 0.0121. The number of nitrogens with two attached hydrogens (primary N) is 1. The van der Waals surface area contributed by atoms with Crippen LogP contribution in [0, 0.1) is 0 Å². The highest BCUT2D eigenvalue weighted by Crippen LogP contribution is 2.49. The van der Waals surface area contributed by atoms with E-state index in [9.17, 15) is 4.79 Å². The lowest BCUT2D eigenvalue weighted by Gasteiger charge is -2.37. The van der Waals surface area contributed by atoms with Gasteiger partial charge in [-0.3, -0.25) is 4.79 Å². The van der Waals surface area contributed by atoms with Crippen LogP contribution < -0.4 is 11.1 Å². The first-order valence-electron chi connectivity index (χ1n) is 8.12. The maximum absolute atomic E-state index is 11.9. The van der Waals surface area contributed by atoms with Crippen LogP contribution in [0.15, 0.2) is 78.1 Å². The third kappa shape index (κ3) is 2.52. The Bertz CT molecular complexity index is 930. The predicted molar refractivity (Wildman–Crippen MR) is 98.2 cm³/mol. The first kappa shape index (κ1) is 15.3. The zero-order valence-corrected chi connectivity index (χ0v) is 13.6. The molecule has 3 aromatic rings. The molecule has 4 rings (SSSR count). The number of primary amides is 1. The van der Waals surface area contributed by atoms with Crippen molar-refractivity contribution in [2.45, 2.75) is 12.0 Å². The number of rotatable bonds is 3. The fourth-order valence-corrected chi connectivity index (χ4v) is 3.61. The van der Waals surface area contributed by atoms with Crippen LogP contribution in [0.3, 0.4) is 0 Å². The number of hydrogen-bond acceptors (Lipinski definition) is 3. The summed E-state index contributed by atoms with van der Waals surface area (Å²) in [7, 11) is 0. The average Bonchev–Trinajstić information content (AvgIpc) is 3.16. The van der Waals surface area contributed by atoms with E-state index in [4.69, 9.17) is 10.2 Å². The molecular formula is C21H18N2O2. The topological polar surface area (TPSA) is 68.3 Å². The van der Waals surface area contributed by atoms with Gasteiger partial charge in [-0.2, -0.15) is 0 Å². The van der Waals surface area contributed by atoms with Crippen molar-refractivity contribution in [3.63, 3.8) is 0 Å². The normalized spacial score (nSPS) is 19.1. The van der Waals surface area contributed by atoms with Crippen LogP contribution in [-0.2, 0) is 0 Å². The Morgan fingerprint density at radius 3 is 2.52 bits per heavy atom. The minimum atomic E-state index is -0.455. The molecule has 2 unspecified atom stereocenters. The van der Waals surface area contributed by atoms with E-state index in [2.05, 4.69) is 24.0 Å². The zero-order valence-electron chi connectivity index (χ0n) is 13.6. The number of benzene rings is 2. The Balaban J connectivity index is 1.91. The van der Waals surface area contributed by atoms with E-state index in [0.717, 1.165) is 28.0 Å². The lowest BCUT2D eigenvalue weighted by atomic mass is 9.76. The number of furan rings is 1. The molecule has 1 aliphatic rings. The monoisotopic (exact) mass is 330 g/mol. The molecule has 4 nitrogen and oxygen atoms in total. The Hall–Kier alpha value is -3.27. The van der Waals surface area contributed by atoms with Gasteiger partial charge < -0.3 is 15.5 Å². The number of hydrogen-bond donors (Lipinski definition) is 2. The molecule has 2 aromatic carbocycles. The van der Waals surface area contributed by atoms with Crippen molar-refractivity contribution in [3.8, 4) is 0 Å². The molecule has 2 heterocycles. The first-order valence-corrected chi connectivity index (χ1v) is 8.12. The average molecular weight is 330 g/mol. The van der Waals surface area contributed by atoms with E-state index in [1.807, 2.05) is 36.4 Å². The fourth-order valence-electron chi connectivity index (χ4n) is 3.61. The van der Waals surface area contributed by atoms with Gasteiger partial charge in [0.15, 0.2) is 0 Å². The number of fused-ring (bicyclic) bond motifs is 1. The summed E-state index contributed by atoms with van der Waals surface area (Å²) in [4.78, 5) is 11.9. The molecule has 4 heteroatoms. The van der Waals surface area contributed by atoms with E-state index >= 15 is 0 Å². The highest BCUT2D eigenvalue weighted by atomic mass is 16.3. The Kier molecular flexibility index (Phi) is 3.65. The standard InChI is InChI=1S/C21H18N2O2/c1-13-18(15-10-11-25-12-15)20(14-6-3-2-4-7-14)23-17-9-5-8-16(19(13)17)21(22)24/h2-12,18,20,23H,1H2,(H2,22,24). The smallest absolute Gasteiger partial charge is 0.249 e. The van der Waals surface area contributed by atoms with E-state index < -0.39 is 5.91 Å². The molecule has 0 fully saturated rings. The van der Waals surface area contributed by atoms with Crippen LogP contribution in [0.25, 0.3) is 5.57 Å². The van der Waals surface area contributed by atoms with Gasteiger partial charge in [0.05, 0.1) is 18.6 Å². The molecule has 1 aromatic heterocycles. The molecule has 25 heavy (non-hydrogen) atoms. The Labute approximate surface area is 146 Å². The van der Waals surface area contributed by atoms with E-state index in [1.165, 1.54) is 0 Å². The first-order chi connectivity index (χ1) is 12.2. The maximum Gasteiger partial charge on any atom is 0.249 e. The van der Waals surface area contributed by atoms with Crippen LogP contribution in [-0.4, -0.2) is 5.91 Å². The van der Waals surface area contributed by atoms with Gasteiger partial charge in [-0.05, 0) is 29.3 Å². The summed E-state index contributed by atoms with van der Waals surface area (Å²) in [6.45, 7) is 4.32. The number of nitrogens with one attached hydrogen (secondary N) is 1. The summed E-state index contributed by atoms with van der Waals surface area (Å²) in [6, 6.07) is 17.6. The molecule has 0 spiro atoms. The van der Waals surface area contributed by atoms with Gasteiger partial charge >= 0.3 is 0 Å². The molecule has 3 N–H and O–H groups in total. The van der Waals surface area contributed by atoms with Crippen molar-refractivity contribution in [1.82, 2.24) is 0 Å². The highest BCUT2D eigenvalue weighted by molar-refractivity contribution is 6.02. The third-order valence-corrected chi connectivity index (χ3v) is 4.73. The van der Waals surface area contributed by atoms with Crippen molar-refractivity contribution in [2.24, 2.45) is 5.73 Å². The van der Waals surface area contributed by atoms with Gasteiger partial charge in [0.25, 0.3) is 0 Å². The second-order valence-electron chi connectivity index (χ2n) is 6.18. The van der Waals surface area contributed by atoms with Crippen molar-refractivity contribution >= 4 is 17.2 Å². The SMILES string of the molecule is C=C1c2c(cccc2C(N)=O)NC(c2ccccc2)C1c1ccoc1. The van der Waals surface area contributed by atoms with E-state index in [1.54, 1.807) is 18.6 Å². The maximum atomic E-state index is 11.9. The summed E-state index contributed by atoms with van der Waals surface area (Å²) in [5, 5.41) is 3.57. The molecule has 1 aliphatic heterocycles. The van der Waals surface area contributed by atoms with Gasteiger partial charge in [0.1, 0.15) is 0 Å². The van der Waals surface area contributed by atoms with Crippen LogP contribution >= 0.6 is 0 Å². The molecule has 124 valence electrons. The van der Waals surface area contributed by atoms with Crippen LogP contribution in [0.4, 0.5) is 5.69 Å². The lowest BCUT2D eigenvalue weighted by Crippen LogP contribution is -2.27. The predicted octanol–water partition coefficient (Wildman–Crippen LogP) is 4.34. The summed E-state index contributed by atoms with van der Waals surface area (Å²) in [6.07, 6.45) is 3.38. The van der Waals surface area contributed by atoms with Crippen molar-refractivity contribution in [3.05, 3.63) is 96.0 Å². The summed E-state index contributed by atoms with van der Waals surface area (Å²) >= 11 is 0.